The van der Waals surface area contributed by atoms with E-state index < -0.39 is 5.85 Å². The van der Waals surface area contributed by atoms with Gasteiger partial charge in [-0.3, -0.25) is 4.79 Å². The van der Waals surface area contributed by atoms with Gasteiger partial charge in [0, 0.05) is 17.0 Å². The molecule has 4 aromatic carbocycles. The van der Waals surface area contributed by atoms with Crippen molar-refractivity contribution < 1.29 is 19.0 Å². The lowest BCUT2D eigenvalue weighted by molar-refractivity contribution is -0.0763. The van der Waals surface area contributed by atoms with Crippen molar-refractivity contribution in [1.29, 1.82) is 0 Å². The Hall–Kier alpha value is -4.40. The van der Waals surface area contributed by atoms with E-state index in [-0.39, 0.29) is 11.3 Å². The Morgan fingerprint density at radius 3 is 2.51 bits per heavy atom. The summed E-state index contributed by atoms with van der Waals surface area (Å²) in [6.07, 6.45) is 2.60. The molecule has 0 aliphatic carbocycles. The summed E-state index contributed by atoms with van der Waals surface area (Å²) in [7, 11) is 1.63. The van der Waals surface area contributed by atoms with E-state index in [0.717, 1.165) is 34.2 Å². The smallest absolute Gasteiger partial charge is 0.321 e. The molecule has 4 aromatic rings. The van der Waals surface area contributed by atoms with Crippen LogP contribution in [0.25, 0.3) is 6.08 Å². The Kier molecular flexibility index (Phi) is 7.71. The van der Waals surface area contributed by atoms with Crippen LogP contribution < -0.4 is 19.1 Å². The highest BCUT2D eigenvalue weighted by Gasteiger charge is 2.63. The van der Waals surface area contributed by atoms with E-state index in [4.69, 9.17) is 30.9 Å². The molecule has 2 atom stereocenters. The van der Waals surface area contributed by atoms with Crippen LogP contribution in [0.3, 0.4) is 0 Å². The minimum Gasteiger partial charge on any atom is -0.493 e. The standard InChI is InChI=1S/C36H32ClN3O4S/c1-23(2)22-43-32-16-14-24(18-33(32)42-3)19-34-36(39(35(41)45-34)27-12-8-5-9-13-27)40-30(28-20-26(37)15-17-31(28)44-36)21-29(38-40)25-10-6-4-7-11-25/h4-20,23,30H,21-22H2,1-3H3/b34-19-. The molecule has 2 unspecified atom stereocenters. The molecule has 1 fully saturated rings. The molecule has 3 aliphatic heterocycles. The maximum absolute atomic E-state index is 14.1. The normalized spacial score (nSPS) is 21.2. The number of para-hydroxylation sites is 1. The number of ether oxygens (including phenoxy) is 3. The summed E-state index contributed by atoms with van der Waals surface area (Å²) in [6.45, 7) is 4.78. The van der Waals surface area contributed by atoms with Gasteiger partial charge in [-0.25, -0.2) is 9.91 Å². The fourth-order valence-corrected chi connectivity index (χ4v) is 7.19. The summed E-state index contributed by atoms with van der Waals surface area (Å²) in [4.78, 5) is 16.5. The number of methoxy groups -OCH3 is 1. The van der Waals surface area contributed by atoms with Crippen molar-refractivity contribution >= 4 is 46.1 Å². The maximum Gasteiger partial charge on any atom is 0.321 e. The van der Waals surface area contributed by atoms with E-state index in [2.05, 4.69) is 26.0 Å². The first kappa shape index (κ1) is 29.3. The molecule has 0 saturated carbocycles. The van der Waals surface area contributed by atoms with Gasteiger partial charge in [-0.1, -0.05) is 80.0 Å². The molecule has 1 spiro atoms. The SMILES string of the molecule is COc1cc(/C=C2\SC(=O)N(c3ccccc3)C23Oc2ccc(Cl)cc2C2CC(c4ccccc4)=NN23)ccc1OCC(C)C. The van der Waals surface area contributed by atoms with Crippen molar-refractivity contribution in [2.75, 3.05) is 18.6 Å². The van der Waals surface area contributed by atoms with Crippen molar-refractivity contribution in [2.45, 2.75) is 32.2 Å². The zero-order chi connectivity index (χ0) is 31.1. The molecule has 7 nitrogen and oxygen atoms in total. The van der Waals surface area contributed by atoms with E-state index in [1.54, 1.807) is 12.0 Å². The van der Waals surface area contributed by atoms with Crippen LogP contribution in [0.5, 0.6) is 17.2 Å². The minimum absolute atomic E-state index is 0.171. The van der Waals surface area contributed by atoms with Crippen molar-refractivity contribution in [3.8, 4) is 17.2 Å². The number of hydrogen-bond donors (Lipinski definition) is 0. The zero-order valence-corrected chi connectivity index (χ0v) is 26.7. The number of halogens is 1. The van der Waals surface area contributed by atoms with Gasteiger partial charge in [0.25, 0.3) is 5.24 Å². The van der Waals surface area contributed by atoms with Gasteiger partial charge < -0.3 is 14.2 Å². The highest BCUT2D eigenvalue weighted by molar-refractivity contribution is 8.17. The molecule has 0 aromatic heterocycles. The average molecular weight is 638 g/mol. The number of carbonyl (C=O) groups excluding carboxylic acids is 1. The first-order chi connectivity index (χ1) is 21.9. The predicted octanol–water partition coefficient (Wildman–Crippen LogP) is 9.00. The molecule has 1 saturated heterocycles. The van der Waals surface area contributed by atoms with Crippen molar-refractivity contribution in [2.24, 2.45) is 11.0 Å². The highest BCUT2D eigenvalue weighted by Crippen LogP contribution is 2.58. The summed E-state index contributed by atoms with van der Waals surface area (Å²) in [6, 6.07) is 30.9. The van der Waals surface area contributed by atoms with Crippen molar-refractivity contribution in [3.63, 3.8) is 0 Å². The monoisotopic (exact) mass is 637 g/mol. The third kappa shape index (κ3) is 5.22. The van der Waals surface area contributed by atoms with Gasteiger partial charge in [0.15, 0.2) is 11.5 Å². The molecule has 45 heavy (non-hydrogen) atoms. The lowest BCUT2D eigenvalue weighted by atomic mass is 9.95. The number of hydrazone groups is 1. The van der Waals surface area contributed by atoms with E-state index in [0.29, 0.717) is 51.8 Å². The Balaban J connectivity index is 1.42. The van der Waals surface area contributed by atoms with Crippen molar-refractivity contribution in [1.82, 2.24) is 5.01 Å². The quantitative estimate of drug-likeness (QED) is 0.202. The van der Waals surface area contributed by atoms with Crippen LogP contribution in [0.1, 0.15) is 43.0 Å². The maximum atomic E-state index is 14.1. The van der Waals surface area contributed by atoms with Crippen LogP contribution >= 0.6 is 23.4 Å². The first-order valence-corrected chi connectivity index (χ1v) is 16.1. The Morgan fingerprint density at radius 2 is 1.78 bits per heavy atom. The van der Waals surface area contributed by atoms with E-state index in [9.17, 15) is 4.79 Å². The number of hydrogen-bond acceptors (Lipinski definition) is 7. The highest BCUT2D eigenvalue weighted by atomic mass is 35.5. The summed E-state index contributed by atoms with van der Waals surface area (Å²) in [5.74, 6) is 0.909. The molecule has 3 heterocycles. The number of fused-ring (bicyclic) bond motifs is 4. The lowest BCUT2D eigenvalue weighted by Crippen LogP contribution is -2.63. The summed E-state index contributed by atoms with van der Waals surface area (Å²) in [5.41, 5.74) is 4.38. The van der Waals surface area contributed by atoms with Crippen LogP contribution in [-0.2, 0) is 0 Å². The number of carbonyl (C=O) groups is 1. The molecule has 9 heteroatoms. The molecule has 228 valence electrons. The lowest BCUT2D eigenvalue weighted by Gasteiger charge is -2.49. The second-order valence-electron chi connectivity index (χ2n) is 11.5. The van der Waals surface area contributed by atoms with Crippen LogP contribution in [-0.4, -0.2) is 35.5 Å². The van der Waals surface area contributed by atoms with Gasteiger partial charge in [0.1, 0.15) is 5.75 Å². The van der Waals surface area contributed by atoms with Gasteiger partial charge >= 0.3 is 5.85 Å². The molecule has 0 radical (unpaired) electrons. The number of rotatable bonds is 7. The molecule has 7 rings (SSSR count). The Morgan fingerprint density at radius 1 is 1.02 bits per heavy atom. The van der Waals surface area contributed by atoms with Crippen LogP contribution in [0.2, 0.25) is 5.02 Å². The van der Waals surface area contributed by atoms with E-state index in [1.165, 1.54) is 0 Å². The Bertz CT molecular complexity index is 1810. The number of nitrogens with zero attached hydrogens (tertiary/aromatic N) is 3. The summed E-state index contributed by atoms with van der Waals surface area (Å²) >= 11 is 7.66. The molecular weight excluding hydrogens is 606 g/mol. The number of amides is 1. The summed E-state index contributed by atoms with van der Waals surface area (Å²) < 4.78 is 18.7. The van der Waals surface area contributed by atoms with E-state index >= 15 is 0 Å². The molecule has 0 N–H and O–H groups in total. The van der Waals surface area contributed by atoms with Gasteiger partial charge in [-0.05, 0) is 77.3 Å². The second kappa shape index (κ2) is 11.8. The topological polar surface area (TPSA) is 63.6 Å². The third-order valence-electron chi connectivity index (χ3n) is 7.99. The molecule has 3 aliphatic rings. The van der Waals surface area contributed by atoms with Gasteiger partial charge in [-0.2, -0.15) is 5.10 Å². The van der Waals surface area contributed by atoms with E-state index in [1.807, 2.05) is 96.0 Å². The second-order valence-corrected chi connectivity index (χ2v) is 13.0. The third-order valence-corrected chi connectivity index (χ3v) is 9.18. The summed E-state index contributed by atoms with van der Waals surface area (Å²) in [5, 5.41) is 7.61. The van der Waals surface area contributed by atoms with Crippen LogP contribution in [0.15, 0.2) is 107 Å². The molecular formula is C36H32ClN3O4S. The van der Waals surface area contributed by atoms with Gasteiger partial charge in [0.05, 0.1) is 36.1 Å². The predicted molar refractivity (Wildman–Crippen MR) is 180 cm³/mol. The number of benzene rings is 4. The van der Waals surface area contributed by atoms with Crippen LogP contribution in [0.4, 0.5) is 10.5 Å². The van der Waals surface area contributed by atoms with Crippen LogP contribution in [0, 0.1) is 5.92 Å². The molecule has 1 amide bonds. The number of anilines is 1. The average Bonchev–Trinajstić information content (AvgIpc) is 3.62. The zero-order valence-electron chi connectivity index (χ0n) is 25.1. The first-order valence-electron chi connectivity index (χ1n) is 14.9. The minimum atomic E-state index is -1.40. The molecule has 0 bridgehead atoms. The number of thioether (sulfide) groups is 1. The van der Waals surface area contributed by atoms with Gasteiger partial charge in [0.2, 0.25) is 0 Å². The van der Waals surface area contributed by atoms with Gasteiger partial charge in [-0.15, -0.1) is 0 Å². The fraction of sp³-hybridized carbons (Fsp3) is 0.222. The van der Waals surface area contributed by atoms with Crippen molar-refractivity contribution in [3.05, 3.63) is 124 Å². The Labute approximate surface area is 272 Å². The fourth-order valence-electron chi connectivity index (χ4n) is 5.94. The largest absolute Gasteiger partial charge is 0.493 e.